The third-order valence-electron chi connectivity index (χ3n) is 4.15. The van der Waals surface area contributed by atoms with E-state index in [2.05, 4.69) is 38.2 Å². The smallest absolute Gasteiger partial charge is 0.0613 e. The zero-order chi connectivity index (χ0) is 12.9. The summed E-state index contributed by atoms with van der Waals surface area (Å²) in [6.07, 6.45) is 5.93. The quantitative estimate of drug-likeness (QED) is 0.722. The molecule has 0 saturated heterocycles. The summed E-state index contributed by atoms with van der Waals surface area (Å²) in [5.41, 5.74) is 0.421. The van der Waals surface area contributed by atoms with Crippen molar-refractivity contribution in [2.45, 2.75) is 51.5 Å². The van der Waals surface area contributed by atoms with E-state index >= 15 is 0 Å². The maximum atomic E-state index is 9.73. The molecular formula is C14H30N2O. The lowest BCUT2D eigenvalue weighted by atomic mass is 9.83. The maximum Gasteiger partial charge on any atom is 0.0613 e. The van der Waals surface area contributed by atoms with Crippen LogP contribution in [0.5, 0.6) is 0 Å². The fourth-order valence-corrected chi connectivity index (χ4v) is 2.67. The number of nitrogens with zero attached hydrogens (tertiary/aromatic N) is 1. The monoisotopic (exact) mass is 242 g/mol. The summed E-state index contributed by atoms with van der Waals surface area (Å²) in [5, 5.41) is 13.3. The highest BCUT2D eigenvalue weighted by Gasteiger charge is 2.34. The van der Waals surface area contributed by atoms with Crippen molar-refractivity contribution in [3.63, 3.8) is 0 Å². The van der Waals surface area contributed by atoms with Crippen LogP contribution in [0, 0.1) is 5.41 Å². The van der Waals surface area contributed by atoms with Gasteiger partial charge in [-0.3, -0.25) is 0 Å². The van der Waals surface area contributed by atoms with Gasteiger partial charge in [0.1, 0.15) is 0 Å². The molecular weight excluding hydrogens is 212 g/mol. The summed E-state index contributed by atoms with van der Waals surface area (Å²) < 4.78 is 0. The van der Waals surface area contributed by atoms with Crippen molar-refractivity contribution in [3.05, 3.63) is 0 Å². The largest absolute Gasteiger partial charge is 0.394 e. The van der Waals surface area contributed by atoms with Crippen LogP contribution >= 0.6 is 0 Å². The molecule has 0 radical (unpaired) electrons. The minimum Gasteiger partial charge on any atom is -0.394 e. The van der Waals surface area contributed by atoms with Crippen molar-refractivity contribution in [2.24, 2.45) is 5.41 Å². The number of nitrogens with one attached hydrogen (secondary N) is 1. The molecule has 0 heterocycles. The summed E-state index contributed by atoms with van der Waals surface area (Å²) in [6, 6.07) is 0. The Labute approximate surface area is 107 Å². The van der Waals surface area contributed by atoms with E-state index in [4.69, 9.17) is 0 Å². The average molecular weight is 242 g/mol. The van der Waals surface area contributed by atoms with E-state index in [9.17, 15) is 5.11 Å². The second-order valence-corrected chi connectivity index (χ2v) is 6.69. The minimum absolute atomic E-state index is 0.0240. The molecule has 3 heteroatoms. The summed E-state index contributed by atoms with van der Waals surface area (Å²) in [4.78, 5) is 2.18. The van der Waals surface area contributed by atoms with Gasteiger partial charge in [0.05, 0.1) is 6.61 Å². The maximum absolute atomic E-state index is 9.73. The highest BCUT2D eigenvalue weighted by molar-refractivity contribution is 4.92. The first kappa shape index (κ1) is 14.9. The van der Waals surface area contributed by atoms with E-state index in [1.165, 1.54) is 19.3 Å². The molecule has 1 rings (SSSR count). The Bertz CT molecular complexity index is 228. The Balaban J connectivity index is 2.50. The van der Waals surface area contributed by atoms with Gasteiger partial charge in [0.15, 0.2) is 0 Å². The first-order chi connectivity index (χ1) is 7.89. The first-order valence-corrected chi connectivity index (χ1v) is 6.90. The van der Waals surface area contributed by atoms with E-state index in [-0.39, 0.29) is 12.1 Å². The molecule has 102 valence electrons. The van der Waals surface area contributed by atoms with E-state index < -0.39 is 0 Å². The molecule has 0 aromatic rings. The Morgan fingerprint density at radius 2 is 1.82 bits per heavy atom. The molecule has 0 aliphatic heterocycles. The molecule has 0 amide bonds. The summed E-state index contributed by atoms with van der Waals surface area (Å²) >= 11 is 0. The van der Waals surface area contributed by atoms with Crippen LogP contribution < -0.4 is 5.32 Å². The molecule has 1 fully saturated rings. The predicted octanol–water partition coefficient (Wildman–Crippen LogP) is 1.86. The van der Waals surface area contributed by atoms with E-state index in [0.717, 1.165) is 25.9 Å². The van der Waals surface area contributed by atoms with Crippen LogP contribution in [0.25, 0.3) is 0 Å². The summed E-state index contributed by atoms with van der Waals surface area (Å²) in [5.74, 6) is 0. The second kappa shape index (κ2) is 6.17. The van der Waals surface area contributed by atoms with Crippen LogP contribution in [0.4, 0.5) is 0 Å². The Kier molecular flexibility index (Phi) is 5.42. The Morgan fingerprint density at radius 1 is 1.12 bits per heavy atom. The molecule has 1 aliphatic carbocycles. The molecule has 3 nitrogen and oxygen atoms in total. The van der Waals surface area contributed by atoms with Gasteiger partial charge in [-0.05, 0) is 45.2 Å². The van der Waals surface area contributed by atoms with Crippen LogP contribution in [-0.4, -0.2) is 49.3 Å². The van der Waals surface area contributed by atoms with Crippen LogP contribution in [0.3, 0.4) is 0 Å². The van der Waals surface area contributed by atoms with Gasteiger partial charge in [-0.25, -0.2) is 0 Å². The lowest BCUT2D eigenvalue weighted by Crippen LogP contribution is -2.50. The number of rotatable bonds is 5. The van der Waals surface area contributed by atoms with E-state index in [1.807, 2.05) is 0 Å². The van der Waals surface area contributed by atoms with Crippen molar-refractivity contribution in [1.29, 1.82) is 0 Å². The standard InChI is InChI=1S/C14H30N2O/c1-13(2)6-5-7-14(12-17,9-8-13)15-10-11-16(3)4/h15,17H,5-12H2,1-4H3. The normalized spacial score (nSPS) is 29.3. The van der Waals surface area contributed by atoms with E-state index in [1.54, 1.807) is 0 Å². The predicted molar refractivity (Wildman–Crippen MR) is 73.2 cm³/mol. The van der Waals surface area contributed by atoms with Gasteiger partial charge in [-0.1, -0.05) is 20.3 Å². The number of aliphatic hydroxyl groups is 1. The van der Waals surface area contributed by atoms with Gasteiger partial charge in [0.25, 0.3) is 0 Å². The van der Waals surface area contributed by atoms with Crippen molar-refractivity contribution in [3.8, 4) is 0 Å². The highest BCUT2D eigenvalue weighted by atomic mass is 16.3. The van der Waals surface area contributed by atoms with Crippen molar-refractivity contribution < 1.29 is 5.11 Å². The summed E-state index contributed by atoms with van der Waals surface area (Å²) in [6.45, 7) is 6.97. The van der Waals surface area contributed by atoms with Crippen LogP contribution in [0.2, 0.25) is 0 Å². The zero-order valence-electron chi connectivity index (χ0n) is 12.1. The highest BCUT2D eigenvalue weighted by Crippen LogP contribution is 2.37. The molecule has 0 aromatic heterocycles. The average Bonchev–Trinajstić information content (AvgIpc) is 2.38. The van der Waals surface area contributed by atoms with Crippen molar-refractivity contribution in [2.75, 3.05) is 33.8 Å². The molecule has 1 aliphatic rings. The fraction of sp³-hybridized carbons (Fsp3) is 1.00. The molecule has 1 unspecified atom stereocenters. The number of hydrogen-bond acceptors (Lipinski definition) is 3. The number of likely N-dealkylation sites (N-methyl/N-ethyl adjacent to an activating group) is 1. The van der Waals surface area contributed by atoms with E-state index in [0.29, 0.717) is 5.41 Å². The summed E-state index contributed by atoms with van der Waals surface area (Å²) in [7, 11) is 4.17. The Morgan fingerprint density at radius 3 is 2.41 bits per heavy atom. The topological polar surface area (TPSA) is 35.5 Å². The van der Waals surface area contributed by atoms with Gasteiger partial charge in [0, 0.05) is 18.6 Å². The molecule has 0 spiro atoms. The third kappa shape index (κ3) is 4.94. The van der Waals surface area contributed by atoms with Gasteiger partial charge in [0.2, 0.25) is 0 Å². The fourth-order valence-electron chi connectivity index (χ4n) is 2.67. The SMILES string of the molecule is CN(C)CCNC1(CO)CCCC(C)(C)CC1. The van der Waals surface area contributed by atoms with Crippen LogP contribution in [0.15, 0.2) is 0 Å². The molecule has 0 aromatic carbocycles. The van der Waals surface area contributed by atoms with Crippen LogP contribution in [-0.2, 0) is 0 Å². The van der Waals surface area contributed by atoms with Gasteiger partial charge < -0.3 is 15.3 Å². The molecule has 1 atom stereocenters. The van der Waals surface area contributed by atoms with Crippen LogP contribution in [0.1, 0.15) is 46.0 Å². The van der Waals surface area contributed by atoms with Crippen molar-refractivity contribution in [1.82, 2.24) is 10.2 Å². The van der Waals surface area contributed by atoms with Gasteiger partial charge in [-0.2, -0.15) is 0 Å². The molecule has 17 heavy (non-hydrogen) atoms. The number of aliphatic hydroxyl groups excluding tert-OH is 1. The molecule has 1 saturated carbocycles. The second-order valence-electron chi connectivity index (χ2n) is 6.69. The molecule has 0 bridgehead atoms. The Hall–Kier alpha value is -0.120. The zero-order valence-corrected chi connectivity index (χ0v) is 12.1. The third-order valence-corrected chi connectivity index (χ3v) is 4.15. The van der Waals surface area contributed by atoms with Crippen molar-refractivity contribution >= 4 is 0 Å². The molecule has 2 N–H and O–H groups in total. The number of hydrogen-bond donors (Lipinski definition) is 2. The minimum atomic E-state index is -0.0240. The lowest BCUT2D eigenvalue weighted by molar-refractivity contribution is 0.137. The van der Waals surface area contributed by atoms with Gasteiger partial charge >= 0.3 is 0 Å². The lowest BCUT2D eigenvalue weighted by Gasteiger charge is -2.33. The van der Waals surface area contributed by atoms with Gasteiger partial charge in [-0.15, -0.1) is 0 Å². The first-order valence-electron chi connectivity index (χ1n) is 6.90.